The van der Waals surface area contributed by atoms with Gasteiger partial charge < -0.3 is 10.0 Å². The highest BCUT2D eigenvalue weighted by Crippen LogP contribution is 2.40. The summed E-state index contributed by atoms with van der Waals surface area (Å²) in [6.07, 6.45) is 0. The van der Waals surface area contributed by atoms with Crippen molar-refractivity contribution in [2.24, 2.45) is 0 Å². The van der Waals surface area contributed by atoms with Crippen LogP contribution < -0.4 is 0 Å². The van der Waals surface area contributed by atoms with Gasteiger partial charge in [-0.2, -0.15) is 0 Å². The van der Waals surface area contributed by atoms with Gasteiger partial charge in [0.25, 0.3) is 0 Å². The lowest BCUT2D eigenvalue weighted by Gasteiger charge is -2.33. The van der Waals surface area contributed by atoms with Gasteiger partial charge in [0, 0.05) is 11.6 Å². The quantitative estimate of drug-likeness (QED) is 0.674. The van der Waals surface area contributed by atoms with Crippen molar-refractivity contribution >= 4 is 11.6 Å². The molecule has 0 saturated heterocycles. The molecule has 3 heteroatoms. The van der Waals surface area contributed by atoms with Gasteiger partial charge >= 0.3 is 0 Å². The van der Waals surface area contributed by atoms with Crippen molar-refractivity contribution in [1.82, 2.24) is 4.90 Å². The number of nitrogens with zero attached hydrogens (tertiary/aromatic N) is 1. The summed E-state index contributed by atoms with van der Waals surface area (Å²) in [5.41, 5.74) is 2.13. The van der Waals surface area contributed by atoms with Gasteiger partial charge in [-0.3, -0.25) is 0 Å². The van der Waals surface area contributed by atoms with Crippen LogP contribution in [0, 0.1) is 0 Å². The lowest BCUT2D eigenvalue weighted by atomic mass is 9.78. The van der Waals surface area contributed by atoms with Crippen molar-refractivity contribution in [2.75, 3.05) is 14.1 Å². The Hall–Kier alpha value is -2.13. The van der Waals surface area contributed by atoms with E-state index in [0.29, 0.717) is 11.6 Å². The summed E-state index contributed by atoms with van der Waals surface area (Å²) in [7, 11) is 3.99. The van der Waals surface area contributed by atoms with E-state index >= 15 is 0 Å². The van der Waals surface area contributed by atoms with Crippen molar-refractivity contribution in [2.45, 2.75) is 12.1 Å². The van der Waals surface area contributed by atoms with E-state index in [1.165, 1.54) is 0 Å². The summed E-state index contributed by atoms with van der Waals surface area (Å²) in [6.45, 7) is 0.650. The van der Waals surface area contributed by atoms with Crippen molar-refractivity contribution in [1.29, 1.82) is 0 Å². The summed E-state index contributed by atoms with van der Waals surface area (Å²) < 4.78 is 0. The van der Waals surface area contributed by atoms with Crippen LogP contribution in [0.4, 0.5) is 0 Å². The smallest absolute Gasteiger partial charge is 0.140 e. The van der Waals surface area contributed by atoms with Gasteiger partial charge in [0.2, 0.25) is 0 Å². The first kappa shape index (κ1) is 17.7. The highest BCUT2D eigenvalue weighted by molar-refractivity contribution is 6.31. The molecule has 1 N–H and O–H groups in total. The molecule has 3 aromatic carbocycles. The van der Waals surface area contributed by atoms with Gasteiger partial charge in [-0.05, 0) is 42.4 Å². The first-order valence-corrected chi connectivity index (χ1v) is 8.67. The average molecular weight is 352 g/mol. The Morgan fingerprint density at radius 2 is 1.32 bits per heavy atom. The first-order valence-electron chi connectivity index (χ1n) is 8.29. The van der Waals surface area contributed by atoms with Crippen molar-refractivity contribution in [3.63, 3.8) is 0 Å². The van der Waals surface area contributed by atoms with E-state index < -0.39 is 5.60 Å². The molecule has 3 aromatic rings. The molecule has 0 radical (unpaired) electrons. The van der Waals surface area contributed by atoms with Crippen LogP contribution in [-0.2, 0) is 12.1 Å². The molecule has 0 amide bonds. The maximum absolute atomic E-state index is 12.0. The molecule has 0 atom stereocenters. The Kier molecular flexibility index (Phi) is 5.24. The van der Waals surface area contributed by atoms with E-state index in [0.717, 1.165) is 22.3 Å². The molecule has 0 saturated carbocycles. The third-order valence-corrected chi connectivity index (χ3v) is 4.72. The minimum Gasteiger partial charge on any atom is -0.376 e. The molecular weight excluding hydrogens is 330 g/mol. The van der Waals surface area contributed by atoms with Crippen molar-refractivity contribution in [3.8, 4) is 0 Å². The minimum absolute atomic E-state index is 0.650. The van der Waals surface area contributed by atoms with E-state index in [4.69, 9.17) is 11.6 Å². The number of hydrogen-bond acceptors (Lipinski definition) is 2. The van der Waals surface area contributed by atoms with E-state index in [2.05, 4.69) is 4.90 Å². The van der Waals surface area contributed by atoms with Gasteiger partial charge in [-0.15, -0.1) is 0 Å². The highest BCUT2D eigenvalue weighted by atomic mass is 35.5. The number of benzene rings is 3. The molecule has 0 unspecified atom stereocenters. The zero-order chi connectivity index (χ0) is 17.9. The fraction of sp³-hybridized carbons (Fsp3) is 0.182. The number of halogens is 1. The van der Waals surface area contributed by atoms with Gasteiger partial charge in [-0.1, -0.05) is 84.4 Å². The number of aliphatic hydroxyl groups is 1. The van der Waals surface area contributed by atoms with Crippen LogP contribution in [0.25, 0.3) is 0 Å². The monoisotopic (exact) mass is 351 g/mol. The maximum Gasteiger partial charge on any atom is 0.140 e. The van der Waals surface area contributed by atoms with Crippen molar-refractivity contribution in [3.05, 3.63) is 106 Å². The molecule has 0 aliphatic carbocycles. The normalized spacial score (nSPS) is 11.7. The Labute approximate surface area is 154 Å². The standard InChI is InChI=1S/C22H22ClNO/c1-24(2)16-19-20(14-9-15-21(19)23)22(25,17-10-5-3-6-11-17)18-12-7-4-8-13-18/h3-15,25H,16H2,1-2H3. The van der Waals surface area contributed by atoms with E-state index in [-0.39, 0.29) is 0 Å². The molecule has 0 aliphatic rings. The Bertz CT molecular complexity index is 792. The van der Waals surface area contributed by atoms with E-state index in [1.807, 2.05) is 93.0 Å². The van der Waals surface area contributed by atoms with Gasteiger partial charge in [-0.25, -0.2) is 0 Å². The SMILES string of the molecule is CN(C)Cc1c(Cl)cccc1C(O)(c1ccccc1)c1ccccc1. The molecule has 3 rings (SSSR count). The Morgan fingerprint density at radius 1 is 0.800 bits per heavy atom. The third kappa shape index (κ3) is 3.47. The van der Waals surface area contributed by atoms with Crippen LogP contribution in [0.3, 0.4) is 0 Å². The summed E-state index contributed by atoms with van der Waals surface area (Å²) >= 11 is 6.52. The lowest BCUT2D eigenvalue weighted by Crippen LogP contribution is -2.31. The van der Waals surface area contributed by atoms with Crippen LogP contribution in [0.2, 0.25) is 5.02 Å². The van der Waals surface area contributed by atoms with Crippen LogP contribution in [0.5, 0.6) is 0 Å². The van der Waals surface area contributed by atoms with Gasteiger partial charge in [0.15, 0.2) is 0 Å². The zero-order valence-corrected chi connectivity index (χ0v) is 15.2. The highest BCUT2D eigenvalue weighted by Gasteiger charge is 2.36. The summed E-state index contributed by atoms with van der Waals surface area (Å²) in [4.78, 5) is 2.06. The molecule has 0 aromatic heterocycles. The largest absolute Gasteiger partial charge is 0.376 e. The summed E-state index contributed by atoms with van der Waals surface area (Å²) in [5.74, 6) is 0. The Balaban J connectivity index is 2.29. The topological polar surface area (TPSA) is 23.5 Å². The molecule has 0 fully saturated rings. The first-order chi connectivity index (χ1) is 12.0. The van der Waals surface area contributed by atoms with Crippen LogP contribution >= 0.6 is 11.6 Å². The second-order valence-electron chi connectivity index (χ2n) is 6.45. The predicted octanol–water partition coefficient (Wildman–Crippen LogP) is 4.69. The fourth-order valence-corrected chi connectivity index (χ4v) is 3.45. The summed E-state index contributed by atoms with van der Waals surface area (Å²) in [6, 6.07) is 25.2. The van der Waals surface area contributed by atoms with Crippen LogP contribution in [0.1, 0.15) is 22.3 Å². The van der Waals surface area contributed by atoms with Crippen LogP contribution in [-0.4, -0.2) is 24.1 Å². The zero-order valence-electron chi connectivity index (χ0n) is 14.5. The molecule has 0 heterocycles. The van der Waals surface area contributed by atoms with E-state index in [9.17, 15) is 5.11 Å². The molecule has 0 spiro atoms. The maximum atomic E-state index is 12.0. The van der Waals surface area contributed by atoms with Gasteiger partial charge in [0.1, 0.15) is 5.60 Å². The minimum atomic E-state index is -1.27. The predicted molar refractivity (Wildman–Crippen MR) is 104 cm³/mol. The Morgan fingerprint density at radius 3 is 1.80 bits per heavy atom. The molecule has 128 valence electrons. The van der Waals surface area contributed by atoms with E-state index in [1.54, 1.807) is 0 Å². The number of hydrogen-bond donors (Lipinski definition) is 1. The second kappa shape index (κ2) is 7.40. The molecular formula is C22H22ClNO. The lowest BCUT2D eigenvalue weighted by molar-refractivity contribution is 0.124. The second-order valence-corrected chi connectivity index (χ2v) is 6.85. The molecule has 0 aliphatic heterocycles. The fourth-order valence-electron chi connectivity index (χ4n) is 3.21. The van der Waals surface area contributed by atoms with Crippen LogP contribution in [0.15, 0.2) is 78.9 Å². The molecule has 25 heavy (non-hydrogen) atoms. The van der Waals surface area contributed by atoms with Crippen molar-refractivity contribution < 1.29 is 5.11 Å². The third-order valence-electron chi connectivity index (χ3n) is 4.37. The summed E-state index contributed by atoms with van der Waals surface area (Å²) in [5, 5.41) is 12.6. The molecule has 2 nitrogen and oxygen atoms in total. The molecule has 0 bridgehead atoms. The van der Waals surface area contributed by atoms with Gasteiger partial charge in [0.05, 0.1) is 0 Å². The average Bonchev–Trinajstić information content (AvgIpc) is 2.64. The number of rotatable bonds is 5.